The van der Waals surface area contributed by atoms with E-state index < -0.39 is 0 Å². The molecule has 178 valence electrons. The number of aryl methyl sites for hydroxylation is 1. The van der Waals surface area contributed by atoms with E-state index in [4.69, 9.17) is 4.74 Å². The highest BCUT2D eigenvalue weighted by Gasteiger charge is 2.44. The predicted octanol–water partition coefficient (Wildman–Crippen LogP) is 4.17. The molecule has 1 aromatic heterocycles. The molecule has 2 aromatic carbocycles. The lowest BCUT2D eigenvalue weighted by Crippen LogP contribution is -2.40. The number of rotatable bonds is 5. The van der Waals surface area contributed by atoms with Gasteiger partial charge in [0.2, 0.25) is 0 Å². The molecule has 1 aliphatic carbocycles. The van der Waals surface area contributed by atoms with E-state index >= 15 is 0 Å². The number of nitrogens with zero attached hydrogens (tertiary/aromatic N) is 2. The standard InChI is InChI=1S/C28H33N3O3/c1-31-18-21(17-30-31)27(33)29-19-28(22-10-6-3-7-11-22)14-12-23-24(32)16-26(34-25(23)13-15-28)20-8-4-2-5-9-20/h2-11,17-18,23-26,32H,12-16,19H2,1H3,(H,29,33)/t23-,24+,25+,26+,28+/m1/s1. The van der Waals surface area contributed by atoms with Crippen LogP contribution in [0.15, 0.2) is 73.1 Å². The highest BCUT2D eigenvalue weighted by Crippen LogP contribution is 2.46. The van der Waals surface area contributed by atoms with Gasteiger partial charge in [-0.15, -0.1) is 0 Å². The molecule has 34 heavy (non-hydrogen) atoms. The number of nitrogens with one attached hydrogen (secondary N) is 1. The molecule has 0 spiro atoms. The molecule has 3 aromatic rings. The summed E-state index contributed by atoms with van der Waals surface area (Å²) in [6.45, 7) is 0.544. The lowest BCUT2D eigenvalue weighted by molar-refractivity contribution is -0.139. The second-order valence-corrected chi connectivity index (χ2v) is 9.85. The number of aliphatic hydroxyl groups is 1. The Balaban J connectivity index is 1.36. The lowest BCUT2D eigenvalue weighted by atomic mass is 9.73. The Morgan fingerprint density at radius 3 is 2.53 bits per heavy atom. The van der Waals surface area contributed by atoms with Crippen LogP contribution in [0.2, 0.25) is 0 Å². The molecule has 1 saturated heterocycles. The first kappa shape index (κ1) is 22.8. The summed E-state index contributed by atoms with van der Waals surface area (Å²) in [5.41, 5.74) is 2.72. The molecule has 2 N–H and O–H groups in total. The number of benzene rings is 2. The van der Waals surface area contributed by atoms with Crippen molar-refractivity contribution in [2.24, 2.45) is 13.0 Å². The number of amides is 1. The maximum absolute atomic E-state index is 12.8. The van der Waals surface area contributed by atoms with Crippen molar-refractivity contribution in [3.63, 3.8) is 0 Å². The van der Waals surface area contributed by atoms with Crippen LogP contribution in [0.25, 0.3) is 0 Å². The second kappa shape index (κ2) is 9.72. The first-order valence-corrected chi connectivity index (χ1v) is 12.2. The van der Waals surface area contributed by atoms with E-state index in [0.717, 1.165) is 31.2 Å². The van der Waals surface area contributed by atoms with E-state index in [1.54, 1.807) is 17.1 Å². The molecule has 5 atom stereocenters. The molecule has 1 amide bonds. The Morgan fingerprint density at radius 1 is 1.12 bits per heavy atom. The maximum atomic E-state index is 12.8. The summed E-state index contributed by atoms with van der Waals surface area (Å²) in [5, 5.41) is 18.4. The van der Waals surface area contributed by atoms with Crippen molar-refractivity contribution in [1.82, 2.24) is 15.1 Å². The molecule has 0 radical (unpaired) electrons. The van der Waals surface area contributed by atoms with Crippen molar-refractivity contribution >= 4 is 5.91 Å². The normalized spacial score (nSPS) is 29.1. The molecule has 2 fully saturated rings. The average molecular weight is 460 g/mol. The minimum Gasteiger partial charge on any atom is -0.393 e. The maximum Gasteiger partial charge on any atom is 0.254 e. The molecule has 0 unspecified atom stereocenters. The van der Waals surface area contributed by atoms with Crippen LogP contribution in [0, 0.1) is 5.92 Å². The molecule has 6 heteroatoms. The van der Waals surface area contributed by atoms with Gasteiger partial charge in [-0.25, -0.2) is 0 Å². The first-order chi connectivity index (χ1) is 16.5. The summed E-state index contributed by atoms with van der Waals surface area (Å²) < 4.78 is 8.23. The van der Waals surface area contributed by atoms with Crippen LogP contribution >= 0.6 is 0 Å². The minimum atomic E-state index is -0.388. The number of carbonyl (C=O) groups excluding carboxylic acids is 1. The number of carbonyl (C=O) groups is 1. The van der Waals surface area contributed by atoms with Crippen molar-refractivity contribution in [3.05, 3.63) is 89.7 Å². The fourth-order valence-electron chi connectivity index (χ4n) is 5.79. The van der Waals surface area contributed by atoms with Crippen LogP contribution in [-0.4, -0.2) is 39.5 Å². The van der Waals surface area contributed by atoms with Crippen molar-refractivity contribution in [2.45, 2.75) is 55.8 Å². The Hall–Kier alpha value is -2.96. The van der Waals surface area contributed by atoms with Gasteiger partial charge >= 0.3 is 0 Å². The van der Waals surface area contributed by atoms with Gasteiger partial charge in [-0.05, 0) is 36.8 Å². The third kappa shape index (κ3) is 4.65. The van der Waals surface area contributed by atoms with Gasteiger partial charge in [-0.2, -0.15) is 5.10 Å². The van der Waals surface area contributed by atoms with Crippen LogP contribution in [0.3, 0.4) is 0 Å². The van der Waals surface area contributed by atoms with E-state index in [0.29, 0.717) is 18.5 Å². The molecule has 0 bridgehead atoms. The van der Waals surface area contributed by atoms with Crippen LogP contribution in [0.5, 0.6) is 0 Å². The van der Waals surface area contributed by atoms with Crippen LogP contribution in [0.1, 0.15) is 59.7 Å². The zero-order valence-corrected chi connectivity index (χ0v) is 19.6. The fourth-order valence-corrected chi connectivity index (χ4v) is 5.79. The highest BCUT2D eigenvalue weighted by atomic mass is 16.5. The van der Waals surface area contributed by atoms with Gasteiger partial charge < -0.3 is 15.2 Å². The van der Waals surface area contributed by atoms with E-state index in [1.807, 2.05) is 31.3 Å². The third-order valence-corrected chi connectivity index (χ3v) is 7.74. The molecule has 6 nitrogen and oxygen atoms in total. The van der Waals surface area contributed by atoms with E-state index in [2.05, 4.69) is 46.8 Å². The summed E-state index contributed by atoms with van der Waals surface area (Å²) in [6.07, 6.45) is 7.00. The highest BCUT2D eigenvalue weighted by molar-refractivity contribution is 5.93. The Morgan fingerprint density at radius 2 is 1.82 bits per heavy atom. The van der Waals surface area contributed by atoms with E-state index in [1.165, 1.54) is 5.56 Å². The smallest absolute Gasteiger partial charge is 0.254 e. The topological polar surface area (TPSA) is 76.4 Å². The zero-order valence-electron chi connectivity index (χ0n) is 19.6. The lowest BCUT2D eigenvalue weighted by Gasteiger charge is -2.39. The number of hydrogen-bond donors (Lipinski definition) is 2. The monoisotopic (exact) mass is 459 g/mol. The Bertz CT molecular complexity index is 1100. The molecule has 2 heterocycles. The number of aliphatic hydroxyl groups excluding tert-OH is 1. The molecule has 1 saturated carbocycles. The quantitative estimate of drug-likeness (QED) is 0.601. The van der Waals surface area contributed by atoms with Gasteiger partial charge in [0.25, 0.3) is 5.91 Å². The van der Waals surface area contributed by atoms with Gasteiger partial charge in [-0.1, -0.05) is 60.7 Å². The van der Waals surface area contributed by atoms with E-state index in [9.17, 15) is 9.90 Å². The van der Waals surface area contributed by atoms with Crippen molar-refractivity contribution in [3.8, 4) is 0 Å². The Kier molecular flexibility index (Phi) is 6.53. The molecule has 5 rings (SSSR count). The van der Waals surface area contributed by atoms with Gasteiger partial charge in [-0.3, -0.25) is 9.48 Å². The number of fused-ring (bicyclic) bond motifs is 1. The number of hydrogen-bond acceptors (Lipinski definition) is 4. The molecule has 2 aliphatic rings. The SMILES string of the molecule is Cn1cc(C(=O)NC[C@]2(c3ccccc3)CC[C@H]3[C@H](CC2)O[C@H](c2ccccc2)C[C@@H]3O)cn1. The zero-order chi connectivity index (χ0) is 23.5. The van der Waals surface area contributed by atoms with Gasteiger partial charge in [0.15, 0.2) is 0 Å². The summed E-state index contributed by atoms with van der Waals surface area (Å²) in [7, 11) is 1.81. The largest absolute Gasteiger partial charge is 0.393 e. The predicted molar refractivity (Wildman–Crippen MR) is 130 cm³/mol. The number of aromatic nitrogens is 2. The Labute approximate surface area is 201 Å². The van der Waals surface area contributed by atoms with Crippen LogP contribution in [-0.2, 0) is 17.2 Å². The van der Waals surface area contributed by atoms with Crippen LogP contribution in [0.4, 0.5) is 0 Å². The summed E-state index contributed by atoms with van der Waals surface area (Å²) >= 11 is 0. The van der Waals surface area contributed by atoms with Crippen molar-refractivity contribution < 1.29 is 14.6 Å². The fraction of sp³-hybridized carbons (Fsp3) is 0.429. The van der Waals surface area contributed by atoms with Crippen molar-refractivity contribution in [1.29, 1.82) is 0 Å². The van der Waals surface area contributed by atoms with Gasteiger partial charge in [0.1, 0.15) is 0 Å². The average Bonchev–Trinajstić information content (AvgIpc) is 3.22. The van der Waals surface area contributed by atoms with Crippen LogP contribution < -0.4 is 5.32 Å². The molecular weight excluding hydrogens is 426 g/mol. The summed E-state index contributed by atoms with van der Waals surface area (Å²) in [6, 6.07) is 20.7. The second-order valence-electron chi connectivity index (χ2n) is 9.85. The molecule has 1 aliphatic heterocycles. The first-order valence-electron chi connectivity index (χ1n) is 12.2. The van der Waals surface area contributed by atoms with E-state index in [-0.39, 0.29) is 35.6 Å². The van der Waals surface area contributed by atoms with Gasteiger partial charge in [0.05, 0.1) is 30.1 Å². The number of ether oxygens (including phenoxy) is 1. The molecular formula is C28H33N3O3. The van der Waals surface area contributed by atoms with Gasteiger partial charge in [0, 0.05) is 37.5 Å². The summed E-state index contributed by atoms with van der Waals surface area (Å²) in [5.74, 6) is 0.00469. The summed E-state index contributed by atoms with van der Waals surface area (Å²) in [4.78, 5) is 12.8. The minimum absolute atomic E-state index is 0.00793. The van der Waals surface area contributed by atoms with Crippen molar-refractivity contribution in [2.75, 3.05) is 6.54 Å². The third-order valence-electron chi connectivity index (χ3n) is 7.74.